The summed E-state index contributed by atoms with van der Waals surface area (Å²) < 4.78 is 8.46. The number of carboxylic acid groups (broad SMARTS) is 2. The summed E-state index contributed by atoms with van der Waals surface area (Å²) in [6.07, 6.45) is 3.45. The van der Waals surface area contributed by atoms with Gasteiger partial charge in [-0.1, -0.05) is 117 Å². The first-order valence-electron chi connectivity index (χ1n) is 23.6. The molecule has 2 aliphatic rings. The van der Waals surface area contributed by atoms with Crippen molar-refractivity contribution in [1.29, 1.82) is 0 Å². The number of anilines is 2. The van der Waals surface area contributed by atoms with Gasteiger partial charge in [0.05, 0.1) is 24.2 Å². The first-order valence-corrected chi connectivity index (χ1v) is 23.6. The normalized spacial score (nSPS) is 16.5. The standard InChI is InChI=1S/C53H57N7O9/c1-2-3-4-13-30-69-45-23-12-11-20-36(45)33-60-43-31-37(54-48(61)41-21-14-28-58(41)50(63)46(56-52(65)66)34-16-7-5-8-17-34)24-26-39(43)40-27-25-38(32-44(40)60)55-49(62)42-22-15-29-59(42)51(64)47(57-53(67)68)35-18-9-6-10-19-35/h5-12,16-20,23-27,31-32,41-42,46-47,56-57H,2-4,13-15,21-22,28-30,33H2,1H3,(H,54,61)(H,55,62)(H,65,66)(H,67,68)/t41-,42-,46?,47?/m0/s1. The Labute approximate surface area is 399 Å². The van der Waals surface area contributed by atoms with Crippen LogP contribution in [0.2, 0.25) is 0 Å². The predicted molar refractivity (Wildman–Crippen MR) is 262 cm³/mol. The largest absolute Gasteiger partial charge is 0.493 e. The van der Waals surface area contributed by atoms with Crippen molar-refractivity contribution in [3.05, 3.63) is 138 Å². The highest BCUT2D eigenvalue weighted by molar-refractivity contribution is 6.11. The van der Waals surface area contributed by atoms with Crippen molar-refractivity contribution >= 4 is 69.0 Å². The van der Waals surface area contributed by atoms with Crippen LogP contribution >= 0.6 is 0 Å². The third-order valence-electron chi connectivity index (χ3n) is 12.9. The molecule has 0 aliphatic carbocycles. The Hall–Kier alpha value is -7.88. The van der Waals surface area contributed by atoms with Crippen LogP contribution in [-0.2, 0) is 25.7 Å². The van der Waals surface area contributed by atoms with Crippen molar-refractivity contribution in [2.75, 3.05) is 30.3 Å². The van der Waals surface area contributed by atoms with E-state index in [9.17, 15) is 39.0 Å². The van der Waals surface area contributed by atoms with Gasteiger partial charge in [0.25, 0.3) is 11.8 Å². The molecule has 16 nitrogen and oxygen atoms in total. The lowest BCUT2D eigenvalue weighted by Gasteiger charge is -2.28. The monoisotopic (exact) mass is 935 g/mol. The van der Waals surface area contributed by atoms with Crippen LogP contribution in [-0.4, -0.2) is 92.2 Å². The second-order valence-corrected chi connectivity index (χ2v) is 17.5. The van der Waals surface area contributed by atoms with Crippen LogP contribution in [0.4, 0.5) is 21.0 Å². The first kappa shape index (κ1) is 47.6. The molecule has 2 saturated heterocycles. The first-order chi connectivity index (χ1) is 33.5. The quantitative estimate of drug-likeness (QED) is 0.0455. The second kappa shape index (κ2) is 21.8. The Kier molecular flexibility index (Phi) is 15.1. The summed E-state index contributed by atoms with van der Waals surface area (Å²) in [5.41, 5.74) is 4.40. The fraction of sp³-hybridized carbons (Fsp3) is 0.321. The van der Waals surface area contributed by atoms with E-state index >= 15 is 0 Å². The molecule has 6 N–H and O–H groups in total. The lowest BCUT2D eigenvalue weighted by Crippen LogP contribution is -2.48. The van der Waals surface area contributed by atoms with Gasteiger partial charge in [0.15, 0.2) is 0 Å². The minimum Gasteiger partial charge on any atom is -0.493 e. The summed E-state index contributed by atoms with van der Waals surface area (Å²) in [5.74, 6) is -1.07. The van der Waals surface area contributed by atoms with E-state index in [-0.39, 0.29) is 0 Å². The van der Waals surface area contributed by atoms with Crippen molar-refractivity contribution < 1.29 is 43.7 Å². The SMILES string of the molecule is CCCCCCOc1ccccc1Cn1c2cc(NC(=O)[C@@H]3CCCN3C(=O)C(NC(=O)O)c3ccccc3)ccc2c2ccc(NC(=O)[C@@H]3CCCN3C(=O)C(NC(=O)O)c3ccccc3)cc21. The maximum Gasteiger partial charge on any atom is 0.405 e. The third kappa shape index (κ3) is 11.0. The molecule has 2 fully saturated rings. The van der Waals surface area contributed by atoms with Gasteiger partial charge in [-0.3, -0.25) is 19.2 Å². The number of aromatic nitrogens is 1. The number of benzene rings is 5. The number of nitrogens with one attached hydrogen (secondary N) is 4. The van der Waals surface area contributed by atoms with Gasteiger partial charge in [-0.2, -0.15) is 0 Å². The fourth-order valence-corrected chi connectivity index (χ4v) is 9.58. The minimum absolute atomic E-state index is 0.291. The number of amides is 6. The molecule has 0 saturated carbocycles. The van der Waals surface area contributed by atoms with Crippen LogP contribution in [0.5, 0.6) is 5.75 Å². The number of unbranched alkanes of at least 4 members (excludes halogenated alkanes) is 3. The van der Waals surface area contributed by atoms with Crippen LogP contribution in [0, 0.1) is 0 Å². The summed E-state index contributed by atoms with van der Waals surface area (Å²) >= 11 is 0. The van der Waals surface area contributed by atoms with E-state index < -0.39 is 60.0 Å². The van der Waals surface area contributed by atoms with Crippen LogP contribution in [0.3, 0.4) is 0 Å². The molecule has 358 valence electrons. The number of rotatable bonds is 18. The molecule has 69 heavy (non-hydrogen) atoms. The van der Waals surface area contributed by atoms with E-state index in [1.54, 1.807) is 72.8 Å². The molecule has 0 bridgehead atoms. The molecule has 4 atom stereocenters. The number of para-hydroxylation sites is 1. The highest BCUT2D eigenvalue weighted by Gasteiger charge is 2.40. The lowest BCUT2D eigenvalue weighted by molar-refractivity contribution is -0.138. The Morgan fingerprint density at radius 3 is 1.57 bits per heavy atom. The highest BCUT2D eigenvalue weighted by Crippen LogP contribution is 2.36. The summed E-state index contributed by atoms with van der Waals surface area (Å²) in [4.78, 5) is 82.6. The molecule has 3 heterocycles. The topological polar surface area (TPSA) is 212 Å². The number of hydrogen-bond donors (Lipinski definition) is 6. The van der Waals surface area contributed by atoms with Crippen LogP contribution < -0.4 is 26.0 Å². The number of hydrogen-bond acceptors (Lipinski definition) is 7. The lowest BCUT2D eigenvalue weighted by atomic mass is 10.0. The number of carbonyl (C=O) groups excluding carboxylic acids is 4. The zero-order chi connectivity index (χ0) is 48.4. The van der Waals surface area contributed by atoms with E-state index in [0.29, 0.717) is 74.4 Å². The number of ether oxygens (including phenoxy) is 1. The van der Waals surface area contributed by atoms with Crippen molar-refractivity contribution in [2.45, 2.75) is 89.0 Å². The smallest absolute Gasteiger partial charge is 0.405 e. The van der Waals surface area contributed by atoms with Crippen LogP contribution in [0.1, 0.15) is 87.1 Å². The van der Waals surface area contributed by atoms with Gasteiger partial charge < -0.3 is 50.6 Å². The van der Waals surface area contributed by atoms with Crippen molar-refractivity contribution in [3.8, 4) is 5.75 Å². The summed E-state index contributed by atoms with van der Waals surface area (Å²) in [6, 6.07) is 32.2. The van der Waals surface area contributed by atoms with Gasteiger partial charge in [-0.05, 0) is 73.6 Å². The molecule has 1 aromatic heterocycles. The molecule has 2 unspecified atom stereocenters. The molecule has 2 aliphatic heterocycles. The molecule has 16 heteroatoms. The van der Waals surface area contributed by atoms with Gasteiger partial charge in [0.2, 0.25) is 11.8 Å². The zero-order valence-corrected chi connectivity index (χ0v) is 38.4. The van der Waals surface area contributed by atoms with E-state index in [4.69, 9.17) is 4.74 Å². The van der Waals surface area contributed by atoms with Crippen molar-refractivity contribution in [1.82, 2.24) is 25.0 Å². The maximum atomic E-state index is 14.1. The molecule has 0 radical (unpaired) electrons. The Morgan fingerprint density at radius 2 is 1.09 bits per heavy atom. The van der Waals surface area contributed by atoms with Crippen molar-refractivity contribution in [3.63, 3.8) is 0 Å². The fourth-order valence-electron chi connectivity index (χ4n) is 9.58. The van der Waals surface area contributed by atoms with Gasteiger partial charge in [0, 0.05) is 40.8 Å². The molecule has 0 spiro atoms. The molecule has 8 rings (SSSR count). The molecule has 5 aromatic carbocycles. The van der Waals surface area contributed by atoms with E-state index in [2.05, 4.69) is 32.8 Å². The summed E-state index contributed by atoms with van der Waals surface area (Å²) in [7, 11) is 0. The zero-order valence-electron chi connectivity index (χ0n) is 38.4. The third-order valence-corrected chi connectivity index (χ3v) is 12.9. The highest BCUT2D eigenvalue weighted by atomic mass is 16.5. The van der Waals surface area contributed by atoms with E-state index in [0.717, 1.165) is 58.8 Å². The second-order valence-electron chi connectivity index (χ2n) is 17.5. The Bertz CT molecular complexity index is 2670. The summed E-state index contributed by atoms with van der Waals surface area (Å²) in [5, 5.41) is 31.8. The van der Waals surface area contributed by atoms with E-state index in [1.165, 1.54) is 9.80 Å². The number of likely N-dealkylation sites (tertiary alicyclic amines) is 2. The van der Waals surface area contributed by atoms with Crippen molar-refractivity contribution in [2.24, 2.45) is 0 Å². The minimum atomic E-state index is -1.35. The molecular formula is C53H57N7O9. The molecule has 6 amide bonds. The van der Waals surface area contributed by atoms with Gasteiger partial charge in [-0.25, -0.2) is 9.59 Å². The molecular weight excluding hydrogens is 879 g/mol. The predicted octanol–water partition coefficient (Wildman–Crippen LogP) is 8.68. The number of nitrogens with zero attached hydrogens (tertiary/aromatic N) is 3. The number of fused-ring (bicyclic) bond motifs is 3. The van der Waals surface area contributed by atoms with Gasteiger partial charge >= 0.3 is 12.2 Å². The Balaban J connectivity index is 1.09. The van der Waals surface area contributed by atoms with Crippen LogP contribution in [0.15, 0.2) is 121 Å². The average Bonchev–Trinajstić information content (AvgIpc) is 4.12. The molecule has 6 aromatic rings. The number of carbonyl (C=O) groups is 6. The van der Waals surface area contributed by atoms with E-state index in [1.807, 2.05) is 48.5 Å². The average molecular weight is 936 g/mol. The van der Waals surface area contributed by atoms with Crippen LogP contribution in [0.25, 0.3) is 21.8 Å². The van der Waals surface area contributed by atoms with Gasteiger partial charge in [0.1, 0.15) is 29.9 Å². The van der Waals surface area contributed by atoms with Gasteiger partial charge in [-0.15, -0.1) is 0 Å². The summed E-state index contributed by atoms with van der Waals surface area (Å²) in [6.45, 7) is 3.68. The Morgan fingerprint density at radius 1 is 0.609 bits per heavy atom. The maximum absolute atomic E-state index is 14.1.